The van der Waals surface area contributed by atoms with Crippen LogP contribution >= 0.6 is 0 Å². The number of methoxy groups -OCH3 is 1. The van der Waals surface area contributed by atoms with Crippen LogP contribution < -0.4 is 5.32 Å². The molecule has 5 nitrogen and oxygen atoms in total. The SMILES string of the molecule is COCCN(CCC(=O)NCCc1ccccc1F)C(C)=O. The Kier molecular flexibility index (Phi) is 8.14. The molecule has 0 atom stereocenters. The first-order valence-corrected chi connectivity index (χ1v) is 7.29. The van der Waals surface area contributed by atoms with Crippen LogP contribution in [0.4, 0.5) is 4.39 Å². The average molecular weight is 310 g/mol. The van der Waals surface area contributed by atoms with Gasteiger partial charge >= 0.3 is 0 Å². The third-order valence-corrected chi connectivity index (χ3v) is 3.29. The van der Waals surface area contributed by atoms with Crippen LogP contribution in [0.2, 0.25) is 0 Å². The third-order valence-electron chi connectivity index (χ3n) is 3.29. The van der Waals surface area contributed by atoms with E-state index in [0.717, 1.165) is 0 Å². The molecule has 0 aliphatic heterocycles. The fourth-order valence-electron chi connectivity index (χ4n) is 1.99. The quantitative estimate of drug-likeness (QED) is 0.749. The van der Waals surface area contributed by atoms with Gasteiger partial charge in [0.1, 0.15) is 5.82 Å². The van der Waals surface area contributed by atoms with Crippen LogP contribution in [-0.2, 0) is 20.7 Å². The Hall–Kier alpha value is -1.95. The number of amides is 2. The van der Waals surface area contributed by atoms with Gasteiger partial charge in [0, 0.05) is 40.1 Å². The number of hydrogen-bond acceptors (Lipinski definition) is 3. The van der Waals surface area contributed by atoms with E-state index in [1.165, 1.54) is 13.0 Å². The Morgan fingerprint density at radius 3 is 2.64 bits per heavy atom. The summed E-state index contributed by atoms with van der Waals surface area (Å²) >= 11 is 0. The van der Waals surface area contributed by atoms with Crippen molar-refractivity contribution in [1.29, 1.82) is 0 Å². The van der Waals surface area contributed by atoms with Crippen LogP contribution in [0.5, 0.6) is 0 Å². The van der Waals surface area contributed by atoms with Crippen molar-refractivity contribution in [2.24, 2.45) is 0 Å². The fraction of sp³-hybridized carbons (Fsp3) is 0.500. The maximum absolute atomic E-state index is 13.4. The zero-order chi connectivity index (χ0) is 16.4. The lowest BCUT2D eigenvalue weighted by atomic mass is 10.1. The van der Waals surface area contributed by atoms with E-state index in [9.17, 15) is 14.0 Å². The summed E-state index contributed by atoms with van der Waals surface area (Å²) in [6, 6.07) is 6.50. The molecule has 0 spiro atoms. The molecule has 6 heteroatoms. The molecule has 0 unspecified atom stereocenters. The second-order valence-corrected chi connectivity index (χ2v) is 4.94. The standard InChI is InChI=1S/C16H23FN2O3/c1-13(20)19(11-12-22-2)10-8-16(21)18-9-7-14-5-3-4-6-15(14)17/h3-6H,7-12H2,1-2H3,(H,18,21). The molecule has 0 saturated heterocycles. The third kappa shape index (κ3) is 6.67. The molecular formula is C16H23FN2O3. The monoisotopic (exact) mass is 310 g/mol. The van der Waals surface area contributed by atoms with Gasteiger partial charge in [0.2, 0.25) is 11.8 Å². The minimum Gasteiger partial charge on any atom is -0.383 e. The summed E-state index contributed by atoms with van der Waals surface area (Å²) in [4.78, 5) is 24.7. The maximum Gasteiger partial charge on any atom is 0.221 e. The summed E-state index contributed by atoms with van der Waals surface area (Å²) in [6.45, 7) is 3.09. The highest BCUT2D eigenvalue weighted by atomic mass is 19.1. The number of halogens is 1. The summed E-state index contributed by atoms with van der Waals surface area (Å²) in [5.41, 5.74) is 0.577. The molecule has 0 heterocycles. The zero-order valence-corrected chi connectivity index (χ0v) is 13.1. The van der Waals surface area contributed by atoms with Crippen LogP contribution in [0.25, 0.3) is 0 Å². The second-order valence-electron chi connectivity index (χ2n) is 4.94. The average Bonchev–Trinajstić information content (AvgIpc) is 2.49. The fourth-order valence-corrected chi connectivity index (χ4v) is 1.99. The van der Waals surface area contributed by atoms with E-state index in [4.69, 9.17) is 4.74 Å². The van der Waals surface area contributed by atoms with Gasteiger partial charge < -0.3 is 15.0 Å². The van der Waals surface area contributed by atoms with Crippen molar-refractivity contribution in [2.75, 3.05) is 33.4 Å². The van der Waals surface area contributed by atoms with Gasteiger partial charge in [0.15, 0.2) is 0 Å². The van der Waals surface area contributed by atoms with Crippen molar-refractivity contribution in [3.63, 3.8) is 0 Å². The molecule has 1 rings (SSSR count). The number of nitrogens with zero attached hydrogens (tertiary/aromatic N) is 1. The first-order chi connectivity index (χ1) is 10.5. The lowest BCUT2D eigenvalue weighted by Gasteiger charge is -2.20. The van der Waals surface area contributed by atoms with Crippen LogP contribution in [0.3, 0.4) is 0 Å². The molecule has 0 bridgehead atoms. The normalized spacial score (nSPS) is 10.3. The number of carbonyl (C=O) groups excluding carboxylic acids is 2. The summed E-state index contributed by atoms with van der Waals surface area (Å²) in [5, 5.41) is 2.73. The smallest absolute Gasteiger partial charge is 0.221 e. The Bertz CT molecular complexity index is 494. The number of rotatable bonds is 9. The minimum absolute atomic E-state index is 0.0868. The minimum atomic E-state index is -0.265. The highest BCUT2D eigenvalue weighted by Crippen LogP contribution is 2.06. The molecule has 0 aliphatic carbocycles. The van der Waals surface area contributed by atoms with Crippen LogP contribution in [0.1, 0.15) is 18.9 Å². The van der Waals surface area contributed by atoms with Crippen molar-refractivity contribution >= 4 is 11.8 Å². The molecule has 0 radical (unpaired) electrons. The Morgan fingerprint density at radius 1 is 1.27 bits per heavy atom. The highest BCUT2D eigenvalue weighted by Gasteiger charge is 2.10. The number of hydrogen-bond donors (Lipinski definition) is 1. The summed E-state index contributed by atoms with van der Waals surface area (Å²) < 4.78 is 18.3. The van der Waals surface area contributed by atoms with Gasteiger partial charge in [-0.2, -0.15) is 0 Å². The predicted octanol–water partition coefficient (Wildman–Crippen LogP) is 1.37. The number of nitrogens with one attached hydrogen (secondary N) is 1. The maximum atomic E-state index is 13.4. The number of benzene rings is 1. The Labute approximate surface area is 130 Å². The summed E-state index contributed by atoms with van der Waals surface area (Å²) in [7, 11) is 1.56. The topological polar surface area (TPSA) is 58.6 Å². The molecule has 22 heavy (non-hydrogen) atoms. The molecule has 2 amide bonds. The van der Waals surface area contributed by atoms with Gasteiger partial charge in [0.05, 0.1) is 6.61 Å². The lowest BCUT2D eigenvalue weighted by molar-refractivity contribution is -0.130. The van der Waals surface area contributed by atoms with Gasteiger partial charge in [-0.25, -0.2) is 4.39 Å². The van der Waals surface area contributed by atoms with Crippen molar-refractivity contribution in [2.45, 2.75) is 19.8 Å². The second kappa shape index (κ2) is 9.89. The van der Waals surface area contributed by atoms with Gasteiger partial charge in [-0.3, -0.25) is 9.59 Å². The van der Waals surface area contributed by atoms with Crippen molar-refractivity contribution in [1.82, 2.24) is 10.2 Å². The molecule has 1 aromatic carbocycles. The zero-order valence-electron chi connectivity index (χ0n) is 13.1. The van der Waals surface area contributed by atoms with Gasteiger partial charge in [0.25, 0.3) is 0 Å². The van der Waals surface area contributed by atoms with E-state index in [0.29, 0.717) is 38.2 Å². The first-order valence-electron chi connectivity index (χ1n) is 7.29. The molecule has 1 aromatic rings. The lowest BCUT2D eigenvalue weighted by Crippen LogP contribution is -2.36. The van der Waals surface area contributed by atoms with E-state index in [1.54, 1.807) is 30.2 Å². The van der Waals surface area contributed by atoms with E-state index in [1.807, 2.05) is 0 Å². The van der Waals surface area contributed by atoms with Crippen LogP contribution in [-0.4, -0.2) is 50.1 Å². The molecule has 122 valence electrons. The summed E-state index contributed by atoms with van der Waals surface area (Å²) in [6.07, 6.45) is 0.666. The molecular weight excluding hydrogens is 287 g/mol. The van der Waals surface area contributed by atoms with Crippen molar-refractivity contribution in [3.8, 4) is 0 Å². The predicted molar refractivity (Wildman–Crippen MR) is 81.9 cm³/mol. The summed E-state index contributed by atoms with van der Waals surface area (Å²) in [5.74, 6) is -0.504. The molecule has 0 saturated carbocycles. The van der Waals surface area contributed by atoms with Gasteiger partial charge in [-0.1, -0.05) is 18.2 Å². The Balaban J connectivity index is 2.28. The first kappa shape index (κ1) is 18.1. The van der Waals surface area contributed by atoms with Gasteiger partial charge in [-0.05, 0) is 18.1 Å². The number of ether oxygens (including phenoxy) is 1. The Morgan fingerprint density at radius 2 is 2.00 bits per heavy atom. The molecule has 0 aromatic heterocycles. The molecule has 1 N–H and O–H groups in total. The van der Waals surface area contributed by atoms with Crippen molar-refractivity contribution < 1.29 is 18.7 Å². The van der Waals surface area contributed by atoms with E-state index < -0.39 is 0 Å². The highest BCUT2D eigenvalue weighted by molar-refractivity contribution is 5.78. The van der Waals surface area contributed by atoms with Crippen LogP contribution in [0.15, 0.2) is 24.3 Å². The molecule has 0 aliphatic rings. The number of carbonyl (C=O) groups is 2. The van der Waals surface area contributed by atoms with E-state index in [2.05, 4.69) is 5.32 Å². The van der Waals surface area contributed by atoms with Crippen LogP contribution in [0, 0.1) is 5.82 Å². The molecule has 0 fully saturated rings. The van der Waals surface area contributed by atoms with E-state index >= 15 is 0 Å². The van der Waals surface area contributed by atoms with Crippen molar-refractivity contribution in [3.05, 3.63) is 35.6 Å². The van der Waals surface area contributed by atoms with Gasteiger partial charge in [-0.15, -0.1) is 0 Å². The van der Waals surface area contributed by atoms with E-state index in [-0.39, 0.29) is 24.1 Å². The largest absolute Gasteiger partial charge is 0.383 e.